The Morgan fingerprint density at radius 2 is 2.14 bits per heavy atom. The van der Waals surface area contributed by atoms with Gasteiger partial charge in [0.1, 0.15) is 5.54 Å². The first kappa shape index (κ1) is 15.7. The van der Waals surface area contributed by atoms with Crippen molar-refractivity contribution in [1.29, 1.82) is 0 Å². The van der Waals surface area contributed by atoms with E-state index in [1.807, 2.05) is 6.92 Å². The van der Waals surface area contributed by atoms with E-state index in [1.54, 1.807) is 12.3 Å². The van der Waals surface area contributed by atoms with Crippen LogP contribution in [0.1, 0.15) is 42.5 Å². The van der Waals surface area contributed by atoms with E-state index in [0.29, 0.717) is 18.8 Å². The minimum absolute atomic E-state index is 0.363. The van der Waals surface area contributed by atoms with Crippen molar-refractivity contribution >= 4 is 29.3 Å². The molecule has 0 unspecified atom stereocenters. The number of carboxylic acid groups (broad SMARTS) is 1. The predicted octanol–water partition coefficient (Wildman–Crippen LogP) is 2.61. The average molecular weight is 308 g/mol. The van der Waals surface area contributed by atoms with Crippen LogP contribution in [0.5, 0.6) is 0 Å². The van der Waals surface area contributed by atoms with Gasteiger partial charge < -0.3 is 10.4 Å². The molecule has 5 nitrogen and oxygen atoms in total. The van der Waals surface area contributed by atoms with Gasteiger partial charge in [0, 0.05) is 17.2 Å². The third kappa shape index (κ3) is 3.91. The van der Waals surface area contributed by atoms with Crippen molar-refractivity contribution in [2.75, 3.05) is 0 Å². The van der Waals surface area contributed by atoms with Gasteiger partial charge in [0.05, 0.1) is 5.01 Å². The van der Waals surface area contributed by atoms with Crippen molar-refractivity contribution in [3.05, 3.63) is 22.2 Å². The standard InChI is InChI=1S/C15H20N2O3S/c1-10-5-7-15(8-6-10,14(19)20)17-13(18)4-3-12-9-16-11(2)21-12/h3-4,9-10H,5-8H2,1-2H3,(H,17,18)(H,19,20)/b4-3+. The highest BCUT2D eigenvalue weighted by Crippen LogP contribution is 2.32. The second kappa shape index (κ2) is 6.39. The molecule has 114 valence electrons. The Bertz CT molecular complexity index is 557. The molecular formula is C15H20N2O3S. The van der Waals surface area contributed by atoms with Crippen molar-refractivity contribution in [2.45, 2.75) is 45.1 Å². The zero-order chi connectivity index (χ0) is 15.5. The van der Waals surface area contributed by atoms with Crippen LogP contribution in [-0.4, -0.2) is 27.5 Å². The van der Waals surface area contributed by atoms with E-state index < -0.39 is 11.5 Å². The monoisotopic (exact) mass is 308 g/mol. The maximum Gasteiger partial charge on any atom is 0.329 e. The van der Waals surface area contributed by atoms with Gasteiger partial charge in [-0.2, -0.15) is 0 Å². The molecule has 1 saturated carbocycles. The lowest BCUT2D eigenvalue weighted by molar-refractivity contribution is -0.149. The second-order valence-corrected chi connectivity index (χ2v) is 6.94. The molecule has 0 radical (unpaired) electrons. The molecule has 1 fully saturated rings. The molecule has 0 aromatic carbocycles. The summed E-state index contributed by atoms with van der Waals surface area (Å²) in [5, 5.41) is 13.1. The number of nitrogens with one attached hydrogen (secondary N) is 1. The molecule has 6 heteroatoms. The topological polar surface area (TPSA) is 79.3 Å². The summed E-state index contributed by atoms with van der Waals surface area (Å²) in [6.45, 7) is 4.00. The lowest BCUT2D eigenvalue weighted by Crippen LogP contribution is -2.55. The molecule has 1 aromatic heterocycles. The number of carbonyl (C=O) groups excluding carboxylic acids is 1. The van der Waals surface area contributed by atoms with Crippen LogP contribution in [0, 0.1) is 12.8 Å². The molecule has 2 rings (SSSR count). The van der Waals surface area contributed by atoms with Crippen LogP contribution in [0.3, 0.4) is 0 Å². The number of hydrogen-bond donors (Lipinski definition) is 2. The molecule has 0 aliphatic heterocycles. The minimum atomic E-state index is -1.11. The van der Waals surface area contributed by atoms with Gasteiger partial charge in [-0.25, -0.2) is 9.78 Å². The zero-order valence-electron chi connectivity index (χ0n) is 12.3. The van der Waals surface area contributed by atoms with E-state index in [4.69, 9.17) is 0 Å². The van der Waals surface area contributed by atoms with Crippen molar-refractivity contribution in [3.8, 4) is 0 Å². The highest BCUT2D eigenvalue weighted by atomic mass is 32.1. The number of aromatic nitrogens is 1. The fourth-order valence-corrected chi connectivity index (χ4v) is 3.23. The van der Waals surface area contributed by atoms with Gasteiger partial charge in [-0.1, -0.05) is 6.92 Å². The van der Waals surface area contributed by atoms with Crippen LogP contribution in [0.4, 0.5) is 0 Å². The van der Waals surface area contributed by atoms with E-state index in [0.717, 1.165) is 22.7 Å². The first-order chi connectivity index (χ1) is 9.91. The molecule has 1 aromatic rings. The Balaban J connectivity index is 2.02. The van der Waals surface area contributed by atoms with Crippen LogP contribution in [0.25, 0.3) is 6.08 Å². The summed E-state index contributed by atoms with van der Waals surface area (Å²) in [4.78, 5) is 28.5. The maximum atomic E-state index is 12.0. The molecule has 0 saturated heterocycles. The molecule has 1 amide bonds. The molecular weight excluding hydrogens is 288 g/mol. The van der Waals surface area contributed by atoms with Crippen molar-refractivity contribution in [1.82, 2.24) is 10.3 Å². The number of aliphatic carboxylic acids is 1. The number of nitrogens with zero attached hydrogens (tertiary/aromatic N) is 1. The summed E-state index contributed by atoms with van der Waals surface area (Å²) in [6.07, 6.45) is 7.37. The average Bonchev–Trinajstić information content (AvgIpc) is 2.85. The van der Waals surface area contributed by atoms with Crippen molar-refractivity contribution in [2.24, 2.45) is 5.92 Å². The molecule has 1 aliphatic carbocycles. The Morgan fingerprint density at radius 1 is 1.48 bits per heavy atom. The summed E-state index contributed by atoms with van der Waals surface area (Å²) < 4.78 is 0. The summed E-state index contributed by atoms with van der Waals surface area (Å²) in [5.41, 5.74) is -1.11. The maximum absolute atomic E-state index is 12.0. The Hall–Kier alpha value is -1.69. The van der Waals surface area contributed by atoms with E-state index in [9.17, 15) is 14.7 Å². The normalized spacial score (nSPS) is 25.9. The van der Waals surface area contributed by atoms with E-state index in [1.165, 1.54) is 17.4 Å². The first-order valence-corrected chi connectivity index (χ1v) is 7.89. The smallest absolute Gasteiger partial charge is 0.329 e. The number of hydrogen-bond acceptors (Lipinski definition) is 4. The van der Waals surface area contributed by atoms with Gasteiger partial charge in [0.15, 0.2) is 0 Å². The predicted molar refractivity (Wildman–Crippen MR) is 82.0 cm³/mol. The van der Waals surface area contributed by atoms with Gasteiger partial charge in [-0.3, -0.25) is 4.79 Å². The number of aryl methyl sites for hydroxylation is 1. The van der Waals surface area contributed by atoms with Gasteiger partial charge in [0.25, 0.3) is 0 Å². The SMILES string of the molecule is Cc1ncc(/C=C/C(=O)NC2(C(=O)O)CCC(C)CC2)s1. The van der Waals surface area contributed by atoms with Gasteiger partial charge >= 0.3 is 5.97 Å². The fourth-order valence-electron chi connectivity index (χ4n) is 2.54. The Morgan fingerprint density at radius 3 is 2.67 bits per heavy atom. The molecule has 21 heavy (non-hydrogen) atoms. The molecule has 0 atom stereocenters. The van der Waals surface area contributed by atoms with Gasteiger partial charge in [0.2, 0.25) is 5.91 Å². The third-order valence-corrected chi connectivity index (χ3v) is 4.82. The first-order valence-electron chi connectivity index (χ1n) is 7.07. The number of carbonyl (C=O) groups is 2. The van der Waals surface area contributed by atoms with Crippen LogP contribution >= 0.6 is 11.3 Å². The van der Waals surface area contributed by atoms with Crippen LogP contribution < -0.4 is 5.32 Å². The van der Waals surface area contributed by atoms with Crippen LogP contribution in [0.15, 0.2) is 12.3 Å². The molecule has 2 N–H and O–H groups in total. The summed E-state index contributed by atoms with van der Waals surface area (Å²) in [7, 11) is 0. The van der Waals surface area contributed by atoms with Crippen molar-refractivity contribution in [3.63, 3.8) is 0 Å². The summed E-state index contributed by atoms with van der Waals surface area (Å²) in [6, 6.07) is 0. The Labute approximate surface area is 128 Å². The lowest BCUT2D eigenvalue weighted by atomic mass is 9.77. The highest BCUT2D eigenvalue weighted by Gasteiger charge is 2.42. The zero-order valence-corrected chi connectivity index (χ0v) is 13.1. The molecule has 0 bridgehead atoms. The van der Waals surface area contributed by atoms with E-state index in [2.05, 4.69) is 17.2 Å². The largest absolute Gasteiger partial charge is 0.480 e. The summed E-state index contributed by atoms with van der Waals surface area (Å²) in [5.74, 6) is -0.784. The second-order valence-electron chi connectivity index (χ2n) is 5.67. The van der Waals surface area contributed by atoms with Crippen LogP contribution in [-0.2, 0) is 9.59 Å². The lowest BCUT2D eigenvalue weighted by Gasteiger charge is -2.36. The van der Waals surface area contributed by atoms with Crippen molar-refractivity contribution < 1.29 is 14.7 Å². The van der Waals surface area contributed by atoms with Gasteiger partial charge in [-0.05, 0) is 44.6 Å². The number of thiazole rings is 1. The molecule has 1 heterocycles. The van der Waals surface area contributed by atoms with Crippen LogP contribution in [0.2, 0.25) is 0 Å². The number of amides is 1. The third-order valence-electron chi connectivity index (χ3n) is 3.94. The summed E-state index contributed by atoms with van der Waals surface area (Å²) >= 11 is 1.49. The molecule has 1 aliphatic rings. The van der Waals surface area contributed by atoms with E-state index in [-0.39, 0.29) is 5.91 Å². The number of rotatable bonds is 4. The highest BCUT2D eigenvalue weighted by molar-refractivity contribution is 7.12. The Kier molecular flexibility index (Phi) is 4.77. The number of carboxylic acids is 1. The fraction of sp³-hybridized carbons (Fsp3) is 0.533. The van der Waals surface area contributed by atoms with Gasteiger partial charge in [-0.15, -0.1) is 11.3 Å². The quantitative estimate of drug-likeness (QED) is 0.838. The molecule has 0 spiro atoms. The minimum Gasteiger partial charge on any atom is -0.480 e. The van der Waals surface area contributed by atoms with E-state index >= 15 is 0 Å².